The lowest BCUT2D eigenvalue weighted by Crippen LogP contribution is -2.41. The summed E-state index contributed by atoms with van der Waals surface area (Å²) in [5, 5.41) is 3.75. The standard InChI is InChI=1S/C14H29N2/c1-3-4-5-6-7-12(2)16-14-10-8-13(15)9-11-14/h4,12-14,16H,3,5-11,15H2,1-2H3. The molecular formula is C14H29N2. The van der Waals surface area contributed by atoms with Crippen LogP contribution in [-0.4, -0.2) is 18.1 Å². The van der Waals surface area contributed by atoms with Gasteiger partial charge in [0.1, 0.15) is 0 Å². The minimum absolute atomic E-state index is 0.465. The van der Waals surface area contributed by atoms with Crippen LogP contribution in [0.5, 0.6) is 0 Å². The van der Waals surface area contributed by atoms with Gasteiger partial charge in [0.15, 0.2) is 0 Å². The van der Waals surface area contributed by atoms with Crippen LogP contribution in [0.25, 0.3) is 0 Å². The monoisotopic (exact) mass is 225 g/mol. The van der Waals surface area contributed by atoms with Crippen LogP contribution >= 0.6 is 0 Å². The molecule has 1 radical (unpaired) electrons. The van der Waals surface area contributed by atoms with Crippen molar-refractivity contribution in [2.45, 2.75) is 83.3 Å². The molecule has 0 amide bonds. The fourth-order valence-corrected chi connectivity index (χ4v) is 2.54. The van der Waals surface area contributed by atoms with Gasteiger partial charge in [0, 0.05) is 18.1 Å². The van der Waals surface area contributed by atoms with Crippen molar-refractivity contribution >= 4 is 0 Å². The van der Waals surface area contributed by atoms with Crippen molar-refractivity contribution in [1.82, 2.24) is 5.32 Å². The fraction of sp³-hybridized carbons (Fsp3) is 0.929. The molecule has 0 aliphatic heterocycles. The molecule has 1 rings (SSSR count). The second kappa shape index (κ2) is 8.08. The van der Waals surface area contributed by atoms with Gasteiger partial charge >= 0.3 is 0 Å². The molecule has 16 heavy (non-hydrogen) atoms. The van der Waals surface area contributed by atoms with E-state index in [0.717, 1.165) is 6.04 Å². The number of hydrogen-bond acceptors (Lipinski definition) is 2. The van der Waals surface area contributed by atoms with Crippen molar-refractivity contribution in [2.75, 3.05) is 0 Å². The molecule has 1 saturated carbocycles. The fourth-order valence-electron chi connectivity index (χ4n) is 2.54. The zero-order chi connectivity index (χ0) is 11.8. The van der Waals surface area contributed by atoms with Crippen LogP contribution in [0.1, 0.15) is 65.2 Å². The van der Waals surface area contributed by atoms with E-state index in [4.69, 9.17) is 5.73 Å². The van der Waals surface area contributed by atoms with Crippen molar-refractivity contribution in [1.29, 1.82) is 0 Å². The number of unbranched alkanes of at least 4 members (excludes halogenated alkanes) is 3. The third-order valence-corrected chi connectivity index (χ3v) is 3.63. The third kappa shape index (κ3) is 5.86. The molecule has 0 aromatic carbocycles. The highest BCUT2D eigenvalue weighted by Crippen LogP contribution is 2.18. The predicted molar refractivity (Wildman–Crippen MR) is 71.3 cm³/mol. The molecule has 1 unspecified atom stereocenters. The topological polar surface area (TPSA) is 38.0 Å². The van der Waals surface area contributed by atoms with Crippen LogP contribution in [0.15, 0.2) is 0 Å². The van der Waals surface area contributed by atoms with Crippen LogP contribution in [0, 0.1) is 6.42 Å². The molecule has 2 heteroatoms. The Morgan fingerprint density at radius 3 is 2.62 bits per heavy atom. The van der Waals surface area contributed by atoms with E-state index in [1.54, 1.807) is 0 Å². The molecule has 0 bridgehead atoms. The number of rotatable bonds is 7. The number of hydrogen-bond donors (Lipinski definition) is 2. The Hall–Kier alpha value is -0.0800. The van der Waals surface area contributed by atoms with E-state index in [1.807, 2.05) is 0 Å². The van der Waals surface area contributed by atoms with Gasteiger partial charge in [-0.2, -0.15) is 0 Å². The molecular weight excluding hydrogens is 196 g/mol. The van der Waals surface area contributed by atoms with Gasteiger partial charge in [-0.3, -0.25) is 0 Å². The highest BCUT2D eigenvalue weighted by atomic mass is 14.9. The van der Waals surface area contributed by atoms with Gasteiger partial charge in [0.2, 0.25) is 0 Å². The summed E-state index contributed by atoms with van der Waals surface area (Å²) in [7, 11) is 0. The van der Waals surface area contributed by atoms with E-state index in [2.05, 4.69) is 25.6 Å². The summed E-state index contributed by atoms with van der Waals surface area (Å²) >= 11 is 0. The average molecular weight is 225 g/mol. The van der Waals surface area contributed by atoms with Crippen molar-refractivity contribution in [2.24, 2.45) is 5.73 Å². The molecule has 0 heterocycles. The molecule has 0 spiro atoms. The first-order valence-corrected chi connectivity index (χ1v) is 7.05. The first-order valence-electron chi connectivity index (χ1n) is 7.05. The molecule has 0 aromatic heterocycles. The zero-order valence-electron chi connectivity index (χ0n) is 11.0. The lowest BCUT2D eigenvalue weighted by molar-refractivity contribution is 0.312. The number of nitrogens with two attached hydrogens (primary N) is 1. The van der Waals surface area contributed by atoms with E-state index in [1.165, 1.54) is 51.4 Å². The summed E-state index contributed by atoms with van der Waals surface area (Å²) in [5.74, 6) is 0. The number of nitrogens with one attached hydrogen (secondary N) is 1. The molecule has 0 aromatic rings. The quantitative estimate of drug-likeness (QED) is 0.654. The Balaban J connectivity index is 2.02. The van der Waals surface area contributed by atoms with Crippen LogP contribution in [-0.2, 0) is 0 Å². The maximum Gasteiger partial charge on any atom is 0.00706 e. The molecule has 95 valence electrons. The highest BCUT2D eigenvalue weighted by Gasteiger charge is 2.19. The van der Waals surface area contributed by atoms with E-state index in [9.17, 15) is 0 Å². The molecule has 3 N–H and O–H groups in total. The first-order chi connectivity index (χ1) is 7.72. The molecule has 1 aliphatic rings. The lowest BCUT2D eigenvalue weighted by atomic mass is 9.91. The first kappa shape index (κ1) is 14.0. The maximum absolute atomic E-state index is 5.91. The summed E-state index contributed by atoms with van der Waals surface area (Å²) in [6.45, 7) is 4.54. The van der Waals surface area contributed by atoms with Crippen molar-refractivity contribution in [3.8, 4) is 0 Å². The smallest absolute Gasteiger partial charge is 0.00706 e. The Morgan fingerprint density at radius 2 is 2.00 bits per heavy atom. The van der Waals surface area contributed by atoms with E-state index in [-0.39, 0.29) is 0 Å². The van der Waals surface area contributed by atoms with Gasteiger partial charge in [0.05, 0.1) is 0 Å². The van der Waals surface area contributed by atoms with Gasteiger partial charge < -0.3 is 11.1 Å². The largest absolute Gasteiger partial charge is 0.328 e. The maximum atomic E-state index is 5.91. The summed E-state index contributed by atoms with van der Waals surface area (Å²) in [6, 6.07) is 1.86. The van der Waals surface area contributed by atoms with Gasteiger partial charge in [0.25, 0.3) is 0 Å². The van der Waals surface area contributed by atoms with E-state index >= 15 is 0 Å². The molecule has 1 fully saturated rings. The molecule has 1 atom stereocenters. The molecule has 2 nitrogen and oxygen atoms in total. The Morgan fingerprint density at radius 1 is 1.31 bits per heavy atom. The minimum atomic E-state index is 0.465. The minimum Gasteiger partial charge on any atom is -0.328 e. The predicted octanol–water partition coefficient (Wildman–Crippen LogP) is 3.02. The van der Waals surface area contributed by atoms with Crippen molar-refractivity contribution < 1.29 is 0 Å². The second-order valence-corrected chi connectivity index (χ2v) is 5.31. The SMILES string of the molecule is CC[CH]CCCC(C)NC1CCC(N)CC1. The van der Waals surface area contributed by atoms with E-state index in [0.29, 0.717) is 12.1 Å². The summed E-state index contributed by atoms with van der Waals surface area (Å²) < 4.78 is 0. The molecule has 1 aliphatic carbocycles. The summed E-state index contributed by atoms with van der Waals surface area (Å²) in [6.07, 6.45) is 12.4. The summed E-state index contributed by atoms with van der Waals surface area (Å²) in [5.41, 5.74) is 5.91. The average Bonchev–Trinajstić information content (AvgIpc) is 2.28. The lowest BCUT2D eigenvalue weighted by Gasteiger charge is -2.29. The Kier molecular flexibility index (Phi) is 7.06. The van der Waals surface area contributed by atoms with Crippen molar-refractivity contribution in [3.05, 3.63) is 6.42 Å². The highest BCUT2D eigenvalue weighted by molar-refractivity contribution is 4.80. The van der Waals surface area contributed by atoms with Gasteiger partial charge in [-0.15, -0.1) is 0 Å². The zero-order valence-corrected chi connectivity index (χ0v) is 11.0. The Labute approximate surface area is 101 Å². The van der Waals surface area contributed by atoms with Crippen LogP contribution in [0.2, 0.25) is 0 Å². The van der Waals surface area contributed by atoms with Gasteiger partial charge in [-0.1, -0.05) is 26.2 Å². The van der Waals surface area contributed by atoms with Crippen LogP contribution in [0.4, 0.5) is 0 Å². The third-order valence-electron chi connectivity index (χ3n) is 3.63. The molecule has 0 saturated heterocycles. The van der Waals surface area contributed by atoms with Gasteiger partial charge in [-0.25, -0.2) is 0 Å². The second-order valence-electron chi connectivity index (χ2n) is 5.31. The van der Waals surface area contributed by atoms with Crippen LogP contribution < -0.4 is 11.1 Å². The summed E-state index contributed by atoms with van der Waals surface area (Å²) in [4.78, 5) is 0. The van der Waals surface area contributed by atoms with Crippen LogP contribution in [0.3, 0.4) is 0 Å². The van der Waals surface area contributed by atoms with E-state index < -0.39 is 0 Å². The van der Waals surface area contributed by atoms with Crippen molar-refractivity contribution in [3.63, 3.8) is 0 Å². The normalized spacial score (nSPS) is 27.9. The van der Waals surface area contributed by atoms with Gasteiger partial charge in [-0.05, 0) is 45.4 Å². The Bertz CT molecular complexity index is 162.